The molecule has 1 aliphatic rings. The number of halogens is 4. The standard InChI is InChI=1S/C19H20F4N2/c20-17-7-5-15(6-8-17)13-24-9-11-25(12-10-24)14-16-3-1-2-4-18(16)19(21,22)23/h1-8H,9-14H2. The molecule has 0 saturated carbocycles. The lowest BCUT2D eigenvalue weighted by Crippen LogP contribution is -2.45. The molecule has 134 valence electrons. The molecule has 0 aliphatic carbocycles. The van der Waals surface area contributed by atoms with E-state index in [1.54, 1.807) is 24.3 Å². The lowest BCUT2D eigenvalue weighted by Gasteiger charge is -2.35. The van der Waals surface area contributed by atoms with Crippen LogP contribution in [0.5, 0.6) is 0 Å². The van der Waals surface area contributed by atoms with E-state index in [0.717, 1.165) is 31.3 Å². The Balaban J connectivity index is 1.56. The fraction of sp³-hybridized carbons (Fsp3) is 0.368. The molecule has 25 heavy (non-hydrogen) atoms. The summed E-state index contributed by atoms with van der Waals surface area (Å²) in [4.78, 5) is 4.28. The Morgan fingerprint density at radius 3 is 1.92 bits per heavy atom. The third-order valence-electron chi connectivity index (χ3n) is 4.50. The first-order valence-corrected chi connectivity index (χ1v) is 8.26. The van der Waals surface area contributed by atoms with E-state index in [0.29, 0.717) is 25.2 Å². The molecule has 0 N–H and O–H groups in total. The highest BCUT2D eigenvalue weighted by molar-refractivity contribution is 5.29. The summed E-state index contributed by atoms with van der Waals surface area (Å²) in [6, 6.07) is 12.2. The minimum Gasteiger partial charge on any atom is -0.297 e. The Labute approximate surface area is 144 Å². The highest BCUT2D eigenvalue weighted by atomic mass is 19.4. The minimum absolute atomic E-state index is 0.253. The van der Waals surface area contributed by atoms with Gasteiger partial charge in [-0.1, -0.05) is 30.3 Å². The molecule has 2 nitrogen and oxygen atoms in total. The van der Waals surface area contributed by atoms with Crippen LogP contribution in [0.25, 0.3) is 0 Å². The van der Waals surface area contributed by atoms with Gasteiger partial charge in [0.15, 0.2) is 0 Å². The van der Waals surface area contributed by atoms with E-state index < -0.39 is 11.7 Å². The molecule has 0 radical (unpaired) electrons. The monoisotopic (exact) mass is 352 g/mol. The van der Waals surface area contributed by atoms with Gasteiger partial charge < -0.3 is 0 Å². The van der Waals surface area contributed by atoms with E-state index in [1.165, 1.54) is 18.2 Å². The van der Waals surface area contributed by atoms with Gasteiger partial charge in [-0.15, -0.1) is 0 Å². The second kappa shape index (κ2) is 7.54. The highest BCUT2D eigenvalue weighted by Crippen LogP contribution is 2.32. The lowest BCUT2D eigenvalue weighted by atomic mass is 10.1. The fourth-order valence-corrected chi connectivity index (χ4v) is 3.13. The number of rotatable bonds is 4. The van der Waals surface area contributed by atoms with Crippen molar-refractivity contribution in [1.82, 2.24) is 9.80 Å². The van der Waals surface area contributed by atoms with Gasteiger partial charge in [-0.05, 0) is 29.3 Å². The first kappa shape index (κ1) is 17.9. The highest BCUT2D eigenvalue weighted by Gasteiger charge is 2.33. The Morgan fingerprint density at radius 1 is 0.760 bits per heavy atom. The molecule has 0 bridgehead atoms. The van der Waals surface area contributed by atoms with Crippen molar-refractivity contribution >= 4 is 0 Å². The predicted octanol–water partition coefficient (Wildman–Crippen LogP) is 4.16. The zero-order chi connectivity index (χ0) is 17.9. The van der Waals surface area contributed by atoms with Crippen molar-refractivity contribution in [1.29, 1.82) is 0 Å². The number of hydrogen-bond donors (Lipinski definition) is 0. The maximum atomic E-state index is 13.1. The van der Waals surface area contributed by atoms with Crippen molar-refractivity contribution in [2.75, 3.05) is 26.2 Å². The maximum Gasteiger partial charge on any atom is 0.416 e. The maximum absolute atomic E-state index is 13.1. The molecule has 2 aromatic rings. The number of nitrogens with zero attached hydrogens (tertiary/aromatic N) is 2. The van der Waals surface area contributed by atoms with E-state index in [1.807, 2.05) is 4.90 Å². The molecule has 0 atom stereocenters. The van der Waals surface area contributed by atoms with Gasteiger partial charge in [0.25, 0.3) is 0 Å². The Bertz CT molecular complexity index is 689. The number of benzene rings is 2. The summed E-state index contributed by atoms with van der Waals surface area (Å²) in [7, 11) is 0. The summed E-state index contributed by atoms with van der Waals surface area (Å²) in [6.45, 7) is 4.03. The van der Waals surface area contributed by atoms with Crippen LogP contribution < -0.4 is 0 Å². The second-order valence-electron chi connectivity index (χ2n) is 6.33. The van der Waals surface area contributed by atoms with Crippen LogP contribution in [0.4, 0.5) is 17.6 Å². The van der Waals surface area contributed by atoms with Gasteiger partial charge in [-0.3, -0.25) is 9.80 Å². The zero-order valence-corrected chi connectivity index (χ0v) is 13.8. The van der Waals surface area contributed by atoms with Crippen molar-refractivity contribution in [3.63, 3.8) is 0 Å². The molecule has 0 amide bonds. The van der Waals surface area contributed by atoms with Crippen molar-refractivity contribution in [3.8, 4) is 0 Å². The molecular formula is C19H20F4N2. The van der Waals surface area contributed by atoms with Gasteiger partial charge in [-0.25, -0.2) is 4.39 Å². The summed E-state index contributed by atoms with van der Waals surface area (Å²) in [5, 5.41) is 0. The predicted molar refractivity (Wildman–Crippen MR) is 88.4 cm³/mol. The van der Waals surface area contributed by atoms with Crippen molar-refractivity contribution < 1.29 is 17.6 Å². The Morgan fingerprint density at radius 2 is 1.32 bits per heavy atom. The van der Waals surface area contributed by atoms with E-state index in [-0.39, 0.29) is 5.82 Å². The van der Waals surface area contributed by atoms with Gasteiger partial charge >= 0.3 is 6.18 Å². The molecule has 2 aromatic carbocycles. The molecule has 6 heteroatoms. The molecule has 0 unspecified atom stereocenters. The van der Waals surface area contributed by atoms with E-state index in [2.05, 4.69) is 4.90 Å². The van der Waals surface area contributed by atoms with Crippen LogP contribution >= 0.6 is 0 Å². The Hall–Kier alpha value is -1.92. The average Bonchev–Trinajstić information content (AvgIpc) is 2.58. The van der Waals surface area contributed by atoms with Crippen LogP contribution in [0.2, 0.25) is 0 Å². The first-order valence-electron chi connectivity index (χ1n) is 8.26. The van der Waals surface area contributed by atoms with E-state index in [4.69, 9.17) is 0 Å². The average molecular weight is 352 g/mol. The molecule has 0 aromatic heterocycles. The van der Waals surface area contributed by atoms with Crippen molar-refractivity contribution in [2.24, 2.45) is 0 Å². The summed E-state index contributed by atoms with van der Waals surface area (Å²) in [5.74, 6) is -0.253. The topological polar surface area (TPSA) is 6.48 Å². The summed E-state index contributed by atoms with van der Waals surface area (Å²) >= 11 is 0. The number of hydrogen-bond acceptors (Lipinski definition) is 2. The smallest absolute Gasteiger partial charge is 0.297 e. The molecule has 1 saturated heterocycles. The van der Waals surface area contributed by atoms with Crippen LogP contribution in [-0.2, 0) is 19.3 Å². The molecule has 0 spiro atoms. The summed E-state index contributed by atoms with van der Waals surface area (Å²) < 4.78 is 52.2. The van der Waals surface area contributed by atoms with Crippen molar-refractivity contribution in [2.45, 2.75) is 19.3 Å². The van der Waals surface area contributed by atoms with Gasteiger partial charge in [0.1, 0.15) is 5.82 Å². The van der Waals surface area contributed by atoms with Gasteiger partial charge in [0, 0.05) is 39.3 Å². The number of piperazine rings is 1. The number of alkyl halides is 3. The lowest BCUT2D eigenvalue weighted by molar-refractivity contribution is -0.138. The normalized spacial score (nSPS) is 17.0. The first-order chi connectivity index (χ1) is 11.9. The largest absolute Gasteiger partial charge is 0.416 e. The van der Waals surface area contributed by atoms with Gasteiger partial charge in [0.05, 0.1) is 5.56 Å². The van der Waals surface area contributed by atoms with Crippen LogP contribution in [0, 0.1) is 5.82 Å². The molecular weight excluding hydrogens is 332 g/mol. The molecule has 1 heterocycles. The Kier molecular flexibility index (Phi) is 5.39. The van der Waals surface area contributed by atoms with Crippen molar-refractivity contribution in [3.05, 3.63) is 71.0 Å². The molecule has 3 rings (SSSR count). The second-order valence-corrected chi connectivity index (χ2v) is 6.33. The van der Waals surface area contributed by atoms with E-state index in [9.17, 15) is 17.6 Å². The SMILES string of the molecule is Fc1ccc(CN2CCN(Cc3ccccc3C(F)(F)F)CC2)cc1. The quantitative estimate of drug-likeness (QED) is 0.763. The van der Waals surface area contributed by atoms with Crippen LogP contribution in [0.15, 0.2) is 48.5 Å². The van der Waals surface area contributed by atoms with E-state index >= 15 is 0 Å². The fourth-order valence-electron chi connectivity index (χ4n) is 3.13. The van der Waals surface area contributed by atoms with Crippen LogP contribution in [0.3, 0.4) is 0 Å². The van der Waals surface area contributed by atoms with Gasteiger partial charge in [-0.2, -0.15) is 13.2 Å². The molecule has 1 fully saturated rings. The zero-order valence-electron chi connectivity index (χ0n) is 13.8. The molecule has 1 aliphatic heterocycles. The summed E-state index contributed by atoms with van der Waals surface area (Å²) in [6.07, 6.45) is -4.32. The summed E-state index contributed by atoms with van der Waals surface area (Å²) in [5.41, 5.74) is 0.808. The minimum atomic E-state index is -4.32. The third-order valence-corrected chi connectivity index (χ3v) is 4.50. The van der Waals surface area contributed by atoms with Crippen LogP contribution in [-0.4, -0.2) is 36.0 Å². The van der Waals surface area contributed by atoms with Gasteiger partial charge in [0.2, 0.25) is 0 Å². The van der Waals surface area contributed by atoms with Crippen LogP contribution in [0.1, 0.15) is 16.7 Å². The third kappa shape index (κ3) is 4.80.